The first-order valence-corrected chi connectivity index (χ1v) is 5.20. The van der Waals surface area contributed by atoms with Gasteiger partial charge in [-0.25, -0.2) is 0 Å². The topological polar surface area (TPSA) is 25.4 Å². The van der Waals surface area contributed by atoms with Gasteiger partial charge in [0.1, 0.15) is 11.5 Å². The lowest BCUT2D eigenvalue weighted by Gasteiger charge is -2.15. The lowest BCUT2D eigenvalue weighted by Crippen LogP contribution is -2.16. The molecule has 0 atom stereocenters. The zero-order valence-electron chi connectivity index (χ0n) is 10.1. The van der Waals surface area contributed by atoms with Crippen LogP contribution >= 0.6 is 0 Å². The van der Waals surface area contributed by atoms with E-state index in [0.717, 1.165) is 17.9 Å². The van der Waals surface area contributed by atoms with E-state index in [0.29, 0.717) is 5.76 Å². The molecule has 0 saturated carbocycles. The van der Waals surface area contributed by atoms with Gasteiger partial charge in [-0.1, -0.05) is 6.58 Å². The Kier molecular flexibility index (Phi) is 4.73. The maximum Gasteiger partial charge on any atom is 0.128 e. The fourth-order valence-electron chi connectivity index (χ4n) is 1.24. The maximum atomic E-state index is 5.68. The molecule has 0 aliphatic heterocycles. The summed E-state index contributed by atoms with van der Waals surface area (Å²) < 4.78 is 5.68. The Balaban J connectivity index is 2.64. The first-order valence-electron chi connectivity index (χ1n) is 5.20. The summed E-state index contributed by atoms with van der Waals surface area (Å²) >= 11 is 0. The lowest BCUT2D eigenvalue weighted by molar-refractivity contribution is 0.311. The van der Waals surface area contributed by atoms with Crippen molar-refractivity contribution < 1.29 is 4.74 Å². The van der Waals surface area contributed by atoms with Crippen molar-refractivity contribution in [2.75, 3.05) is 20.6 Å². The van der Waals surface area contributed by atoms with Gasteiger partial charge < -0.3 is 9.64 Å². The molecule has 0 saturated heterocycles. The minimum Gasteiger partial charge on any atom is -0.461 e. The molecule has 0 amide bonds. The second kappa shape index (κ2) is 6.08. The third kappa shape index (κ3) is 3.87. The Bertz CT molecular complexity index is 369. The number of aromatic nitrogens is 1. The fourth-order valence-corrected chi connectivity index (χ4v) is 1.24. The second-order valence-corrected chi connectivity index (χ2v) is 3.76. The number of hydrogen-bond donors (Lipinski definition) is 0. The van der Waals surface area contributed by atoms with E-state index < -0.39 is 0 Å². The molecular weight excluding hydrogens is 200 g/mol. The standard InChI is InChI=1S/C13H18N2O/c1-5-13(10-15(3)4)16-11(2)12-7-6-8-14-9-12/h5-9H,2,10H2,1,3-4H3/b13-5-. The van der Waals surface area contributed by atoms with Gasteiger partial charge in [0.15, 0.2) is 0 Å². The van der Waals surface area contributed by atoms with Crippen LogP contribution in [0.3, 0.4) is 0 Å². The highest BCUT2D eigenvalue weighted by atomic mass is 16.5. The molecule has 16 heavy (non-hydrogen) atoms. The minimum atomic E-state index is 0.628. The van der Waals surface area contributed by atoms with Crippen LogP contribution in [0.5, 0.6) is 0 Å². The molecule has 1 aromatic heterocycles. The van der Waals surface area contributed by atoms with Crippen LogP contribution in [0.1, 0.15) is 12.5 Å². The first kappa shape index (κ1) is 12.5. The number of nitrogens with zero attached hydrogens (tertiary/aromatic N) is 2. The monoisotopic (exact) mass is 218 g/mol. The van der Waals surface area contributed by atoms with Crippen LogP contribution in [0.2, 0.25) is 0 Å². The Morgan fingerprint density at radius 1 is 1.56 bits per heavy atom. The van der Waals surface area contributed by atoms with Crippen molar-refractivity contribution in [1.29, 1.82) is 0 Å². The first-order chi connectivity index (χ1) is 7.63. The molecule has 1 aromatic rings. The average molecular weight is 218 g/mol. The highest BCUT2D eigenvalue weighted by Gasteiger charge is 2.04. The molecule has 86 valence electrons. The van der Waals surface area contributed by atoms with E-state index in [-0.39, 0.29) is 0 Å². The molecule has 0 spiro atoms. The number of allylic oxidation sites excluding steroid dienone is 1. The van der Waals surface area contributed by atoms with Crippen LogP contribution in [0.25, 0.3) is 5.76 Å². The molecule has 0 bridgehead atoms. The minimum absolute atomic E-state index is 0.628. The van der Waals surface area contributed by atoms with E-state index in [2.05, 4.69) is 11.6 Å². The second-order valence-electron chi connectivity index (χ2n) is 3.76. The van der Waals surface area contributed by atoms with Crippen molar-refractivity contribution in [2.24, 2.45) is 0 Å². The Morgan fingerprint density at radius 3 is 2.81 bits per heavy atom. The van der Waals surface area contributed by atoms with Gasteiger partial charge >= 0.3 is 0 Å². The van der Waals surface area contributed by atoms with E-state index in [4.69, 9.17) is 4.74 Å². The summed E-state index contributed by atoms with van der Waals surface area (Å²) in [6, 6.07) is 3.80. The summed E-state index contributed by atoms with van der Waals surface area (Å²) in [4.78, 5) is 6.08. The molecule has 0 radical (unpaired) electrons. The average Bonchev–Trinajstić information content (AvgIpc) is 2.28. The van der Waals surface area contributed by atoms with E-state index in [1.807, 2.05) is 44.1 Å². The fraction of sp³-hybridized carbons (Fsp3) is 0.308. The van der Waals surface area contributed by atoms with Crippen molar-refractivity contribution in [2.45, 2.75) is 6.92 Å². The normalized spacial score (nSPS) is 11.6. The molecule has 1 heterocycles. The number of rotatable bonds is 5. The molecule has 0 N–H and O–H groups in total. The number of pyridine rings is 1. The van der Waals surface area contributed by atoms with Gasteiger partial charge in [0, 0.05) is 18.0 Å². The van der Waals surface area contributed by atoms with Crippen LogP contribution in [-0.4, -0.2) is 30.5 Å². The quantitative estimate of drug-likeness (QED) is 0.710. The molecule has 0 unspecified atom stereocenters. The van der Waals surface area contributed by atoms with Crippen molar-refractivity contribution in [3.63, 3.8) is 0 Å². The van der Waals surface area contributed by atoms with Crippen molar-refractivity contribution in [3.05, 3.63) is 48.5 Å². The van der Waals surface area contributed by atoms with Crippen LogP contribution < -0.4 is 0 Å². The lowest BCUT2D eigenvalue weighted by atomic mass is 10.2. The maximum absolute atomic E-state index is 5.68. The van der Waals surface area contributed by atoms with Gasteiger partial charge in [-0.15, -0.1) is 0 Å². The smallest absolute Gasteiger partial charge is 0.128 e. The Morgan fingerprint density at radius 2 is 2.31 bits per heavy atom. The summed E-state index contributed by atoms with van der Waals surface area (Å²) in [6.45, 7) is 6.61. The predicted molar refractivity (Wildman–Crippen MR) is 66.7 cm³/mol. The van der Waals surface area contributed by atoms with Crippen LogP contribution in [-0.2, 0) is 4.74 Å². The summed E-state index contributed by atoms with van der Waals surface area (Å²) in [5.74, 6) is 1.52. The number of likely N-dealkylation sites (N-methyl/N-ethyl adjacent to an activating group) is 1. The van der Waals surface area contributed by atoms with Gasteiger partial charge in [0.25, 0.3) is 0 Å². The van der Waals surface area contributed by atoms with E-state index in [9.17, 15) is 0 Å². The van der Waals surface area contributed by atoms with Crippen molar-refractivity contribution in [3.8, 4) is 0 Å². The highest BCUT2D eigenvalue weighted by molar-refractivity contribution is 5.56. The van der Waals surface area contributed by atoms with E-state index in [1.165, 1.54) is 0 Å². The zero-order chi connectivity index (χ0) is 12.0. The highest BCUT2D eigenvalue weighted by Crippen LogP contribution is 2.16. The van der Waals surface area contributed by atoms with Gasteiger partial charge in [-0.3, -0.25) is 4.98 Å². The van der Waals surface area contributed by atoms with Gasteiger partial charge in [0.05, 0.1) is 6.54 Å². The molecule has 3 heteroatoms. The largest absolute Gasteiger partial charge is 0.461 e. The van der Waals surface area contributed by atoms with Gasteiger partial charge in [-0.2, -0.15) is 0 Å². The molecule has 3 nitrogen and oxygen atoms in total. The Hall–Kier alpha value is -1.61. The summed E-state index contributed by atoms with van der Waals surface area (Å²) in [5, 5.41) is 0. The zero-order valence-corrected chi connectivity index (χ0v) is 10.1. The third-order valence-electron chi connectivity index (χ3n) is 2.03. The van der Waals surface area contributed by atoms with E-state index >= 15 is 0 Å². The van der Waals surface area contributed by atoms with Gasteiger partial charge in [0.2, 0.25) is 0 Å². The van der Waals surface area contributed by atoms with Gasteiger partial charge in [-0.05, 0) is 39.2 Å². The summed E-state index contributed by atoms with van der Waals surface area (Å²) in [6.07, 6.45) is 5.42. The van der Waals surface area contributed by atoms with Crippen LogP contribution in [0.15, 0.2) is 42.9 Å². The van der Waals surface area contributed by atoms with Crippen LogP contribution in [0, 0.1) is 0 Å². The van der Waals surface area contributed by atoms with E-state index in [1.54, 1.807) is 12.4 Å². The molecule has 0 fully saturated rings. The SMILES string of the molecule is C=C(O/C(=C\C)CN(C)C)c1cccnc1. The molecule has 1 rings (SSSR count). The molecule has 0 aromatic carbocycles. The van der Waals surface area contributed by atoms with Crippen LogP contribution in [0.4, 0.5) is 0 Å². The summed E-state index contributed by atoms with van der Waals surface area (Å²) in [5.41, 5.74) is 0.903. The number of hydrogen-bond acceptors (Lipinski definition) is 3. The predicted octanol–water partition coefficient (Wildman–Crippen LogP) is 2.53. The van der Waals surface area contributed by atoms with Crippen molar-refractivity contribution in [1.82, 2.24) is 9.88 Å². The molecular formula is C13H18N2O. The van der Waals surface area contributed by atoms with Crippen molar-refractivity contribution >= 4 is 5.76 Å². The molecule has 0 aliphatic rings. The third-order valence-corrected chi connectivity index (χ3v) is 2.03. The Labute approximate surface area is 97.1 Å². The molecule has 0 aliphatic carbocycles. The summed E-state index contributed by atoms with van der Waals surface area (Å²) in [7, 11) is 4.00. The number of ether oxygens (including phenoxy) is 1.